The highest BCUT2D eigenvalue weighted by molar-refractivity contribution is 5.15. The Kier molecular flexibility index (Phi) is 8.69. The zero-order chi connectivity index (χ0) is 28.1. The van der Waals surface area contributed by atoms with Crippen molar-refractivity contribution in [2.45, 2.75) is 93.3 Å². The molecule has 206 valence electrons. The van der Waals surface area contributed by atoms with Crippen LogP contribution in [0.2, 0.25) is 0 Å². The molecule has 1 nitrogen and oxygen atoms in total. The van der Waals surface area contributed by atoms with E-state index in [9.17, 15) is 74.6 Å². The lowest BCUT2D eigenvalue weighted by Gasteiger charge is -2.43. The predicted octanol–water partition coefficient (Wildman–Crippen LogP) is 7.50. The van der Waals surface area contributed by atoms with Gasteiger partial charge in [-0.15, -0.1) is 0 Å². The number of alkyl halides is 17. The molecule has 0 aliphatic carbocycles. The summed E-state index contributed by atoms with van der Waals surface area (Å²) in [6.45, 7) is 3.99. The average molecular weight is 547 g/mol. The third kappa shape index (κ3) is 4.75. The SMILES string of the molecule is CC(C)N(C)C(C)CCC(F)(F)C(F)(F)C(F)(F)C(F)(F)C(F)(F)C(F)(F)C(F)(F)C(F)(F)F. The van der Waals surface area contributed by atoms with Crippen molar-refractivity contribution in [3.8, 4) is 0 Å². The second kappa shape index (κ2) is 9.01. The molecule has 1 atom stereocenters. The van der Waals surface area contributed by atoms with Gasteiger partial charge in [-0.05, 0) is 34.2 Å². The Morgan fingerprint density at radius 3 is 1.09 bits per heavy atom. The van der Waals surface area contributed by atoms with Gasteiger partial charge in [-0.25, -0.2) is 0 Å². The Hall–Kier alpha value is -1.23. The van der Waals surface area contributed by atoms with Crippen LogP contribution in [0.5, 0.6) is 0 Å². The van der Waals surface area contributed by atoms with Crippen molar-refractivity contribution < 1.29 is 74.6 Å². The number of rotatable bonds is 11. The van der Waals surface area contributed by atoms with Crippen LogP contribution in [0.15, 0.2) is 0 Å². The van der Waals surface area contributed by atoms with E-state index in [0.29, 0.717) is 0 Å². The molecule has 0 aromatic carbocycles. The van der Waals surface area contributed by atoms with Crippen LogP contribution in [0, 0.1) is 0 Å². The summed E-state index contributed by atoms with van der Waals surface area (Å²) in [5.74, 6) is -55.9. The highest BCUT2D eigenvalue weighted by atomic mass is 19.4. The molecule has 0 aromatic heterocycles. The Balaban J connectivity index is 6.40. The summed E-state index contributed by atoms with van der Waals surface area (Å²) in [6.07, 6.45) is -11.3. The van der Waals surface area contributed by atoms with Crippen molar-refractivity contribution in [1.29, 1.82) is 0 Å². The molecule has 0 saturated carbocycles. The van der Waals surface area contributed by atoms with Crippen LogP contribution in [0.4, 0.5) is 74.6 Å². The van der Waals surface area contributed by atoms with Gasteiger partial charge in [0.1, 0.15) is 0 Å². The predicted molar refractivity (Wildman–Crippen MR) is 82.3 cm³/mol. The lowest BCUT2D eigenvalue weighted by Crippen LogP contribution is -2.74. The first kappa shape index (κ1) is 32.8. The third-order valence-electron chi connectivity index (χ3n) is 5.17. The molecule has 0 fully saturated rings. The zero-order valence-electron chi connectivity index (χ0n) is 17.4. The number of nitrogens with zero attached hydrogens (tertiary/aromatic N) is 1. The summed E-state index contributed by atoms with van der Waals surface area (Å²) in [5.41, 5.74) is 0. The fourth-order valence-electron chi connectivity index (χ4n) is 2.46. The summed E-state index contributed by atoms with van der Waals surface area (Å²) < 4.78 is 224. The summed E-state index contributed by atoms with van der Waals surface area (Å²) in [7, 11) is 1.23. The van der Waals surface area contributed by atoms with E-state index < -0.39 is 72.6 Å². The van der Waals surface area contributed by atoms with Crippen LogP contribution in [0.25, 0.3) is 0 Å². The van der Waals surface area contributed by atoms with Gasteiger partial charge in [-0.2, -0.15) is 74.6 Å². The van der Waals surface area contributed by atoms with Gasteiger partial charge in [0.2, 0.25) is 0 Å². The standard InChI is InChI=1S/C16H18F17N/c1-7(2)34(4)8(3)5-6-9(17,18)10(19,20)11(21,22)12(23,24)13(25,26)14(27,28)15(29,30)16(31,32)33/h7-8H,5-6H2,1-4H3. The summed E-state index contributed by atoms with van der Waals surface area (Å²) in [4.78, 5) is 1.20. The molecule has 0 saturated heterocycles. The van der Waals surface area contributed by atoms with E-state index in [1.165, 1.54) is 25.8 Å². The highest BCUT2D eigenvalue weighted by Gasteiger charge is 2.95. The molecule has 0 rings (SSSR count). The second-order valence-corrected chi connectivity index (χ2v) is 7.80. The molecule has 0 aromatic rings. The minimum Gasteiger partial charge on any atom is -0.301 e. The lowest BCUT2D eigenvalue weighted by molar-refractivity contribution is -0.461. The number of hydrogen-bond acceptors (Lipinski definition) is 1. The first-order valence-corrected chi connectivity index (χ1v) is 8.92. The fraction of sp³-hybridized carbons (Fsp3) is 1.00. The van der Waals surface area contributed by atoms with Crippen LogP contribution in [0.3, 0.4) is 0 Å². The van der Waals surface area contributed by atoms with Gasteiger partial charge in [-0.1, -0.05) is 0 Å². The topological polar surface area (TPSA) is 3.24 Å². The largest absolute Gasteiger partial charge is 0.460 e. The number of hydrogen-bond donors (Lipinski definition) is 0. The highest BCUT2D eigenvalue weighted by Crippen LogP contribution is 2.64. The molecule has 1 unspecified atom stereocenters. The van der Waals surface area contributed by atoms with E-state index >= 15 is 0 Å². The Bertz CT molecular complexity index is 694. The van der Waals surface area contributed by atoms with Gasteiger partial charge in [0, 0.05) is 18.5 Å². The molecule has 0 aliphatic heterocycles. The van der Waals surface area contributed by atoms with Crippen LogP contribution in [-0.2, 0) is 0 Å². The molecule has 0 amide bonds. The van der Waals surface area contributed by atoms with Crippen molar-refractivity contribution in [2.24, 2.45) is 0 Å². The fourth-order valence-corrected chi connectivity index (χ4v) is 2.46. The molecule has 0 bridgehead atoms. The first-order chi connectivity index (χ1) is 14.5. The quantitative estimate of drug-likeness (QED) is 0.242. The van der Waals surface area contributed by atoms with Gasteiger partial charge in [-0.3, -0.25) is 0 Å². The molecule has 0 heterocycles. The molecule has 0 aliphatic rings. The molecule has 0 radical (unpaired) electrons. The van der Waals surface area contributed by atoms with Gasteiger partial charge in [0.15, 0.2) is 0 Å². The van der Waals surface area contributed by atoms with E-state index in [2.05, 4.69) is 0 Å². The van der Waals surface area contributed by atoms with Crippen molar-refractivity contribution in [1.82, 2.24) is 4.90 Å². The van der Waals surface area contributed by atoms with E-state index in [1.807, 2.05) is 0 Å². The molecule has 18 heteroatoms. The first-order valence-electron chi connectivity index (χ1n) is 8.92. The molecular formula is C16H18F17N. The smallest absolute Gasteiger partial charge is 0.301 e. The second-order valence-electron chi connectivity index (χ2n) is 7.80. The van der Waals surface area contributed by atoms with Crippen LogP contribution >= 0.6 is 0 Å². The maximum atomic E-state index is 13.8. The molecule has 34 heavy (non-hydrogen) atoms. The van der Waals surface area contributed by atoms with Crippen molar-refractivity contribution in [2.75, 3.05) is 7.05 Å². The van der Waals surface area contributed by atoms with Crippen LogP contribution in [-0.4, -0.2) is 71.7 Å². The third-order valence-corrected chi connectivity index (χ3v) is 5.17. The molecule has 0 spiro atoms. The van der Waals surface area contributed by atoms with E-state index in [0.717, 1.165) is 6.92 Å². The maximum Gasteiger partial charge on any atom is 0.460 e. The maximum absolute atomic E-state index is 13.8. The van der Waals surface area contributed by atoms with Crippen molar-refractivity contribution in [3.05, 3.63) is 0 Å². The van der Waals surface area contributed by atoms with Gasteiger partial charge in [0.05, 0.1) is 0 Å². The lowest BCUT2D eigenvalue weighted by atomic mass is 9.87. The van der Waals surface area contributed by atoms with E-state index in [-0.39, 0.29) is 0 Å². The minimum absolute atomic E-state index is 0.453. The van der Waals surface area contributed by atoms with Gasteiger partial charge in [0.25, 0.3) is 0 Å². The average Bonchev–Trinajstić information content (AvgIpc) is 2.63. The summed E-state index contributed by atoms with van der Waals surface area (Å²) in [6, 6.07) is -1.59. The Labute approximate surface area is 181 Å². The summed E-state index contributed by atoms with van der Waals surface area (Å²) in [5, 5.41) is 0. The van der Waals surface area contributed by atoms with Crippen LogP contribution in [0.1, 0.15) is 33.6 Å². The van der Waals surface area contributed by atoms with Crippen molar-refractivity contribution >= 4 is 0 Å². The Morgan fingerprint density at radius 1 is 0.500 bits per heavy atom. The molecular weight excluding hydrogens is 529 g/mol. The van der Waals surface area contributed by atoms with Gasteiger partial charge < -0.3 is 4.90 Å². The zero-order valence-corrected chi connectivity index (χ0v) is 17.4. The van der Waals surface area contributed by atoms with E-state index in [1.54, 1.807) is 0 Å². The van der Waals surface area contributed by atoms with E-state index in [4.69, 9.17) is 0 Å². The van der Waals surface area contributed by atoms with Crippen molar-refractivity contribution in [3.63, 3.8) is 0 Å². The normalized spacial score (nSPS) is 17.0. The summed E-state index contributed by atoms with van der Waals surface area (Å²) >= 11 is 0. The monoisotopic (exact) mass is 547 g/mol. The Morgan fingerprint density at radius 2 is 0.794 bits per heavy atom. The van der Waals surface area contributed by atoms with Gasteiger partial charge >= 0.3 is 47.6 Å². The minimum atomic E-state index is -8.59. The number of halogens is 17. The van der Waals surface area contributed by atoms with Crippen LogP contribution < -0.4 is 0 Å². The molecule has 0 N–H and O–H groups in total.